The lowest BCUT2D eigenvalue weighted by atomic mass is 10.1. The van der Waals surface area contributed by atoms with Crippen LogP contribution in [0.4, 0.5) is 0 Å². The van der Waals surface area contributed by atoms with Gasteiger partial charge in [-0.1, -0.05) is 31.9 Å². The maximum Gasteiger partial charge on any atom is 0.0966 e. The molecule has 1 atom stereocenters. The number of halogens is 1. The van der Waals surface area contributed by atoms with Crippen LogP contribution in [0.15, 0.2) is 18.2 Å². The van der Waals surface area contributed by atoms with Gasteiger partial charge in [0.25, 0.3) is 0 Å². The van der Waals surface area contributed by atoms with Crippen molar-refractivity contribution in [3.63, 3.8) is 0 Å². The molecule has 0 aliphatic rings. The Morgan fingerprint density at radius 2 is 2.27 bits per heavy atom. The Hall–Kier alpha value is -0.600. The van der Waals surface area contributed by atoms with Gasteiger partial charge in [0.15, 0.2) is 0 Å². The van der Waals surface area contributed by atoms with Crippen molar-refractivity contribution in [3.8, 4) is 0 Å². The smallest absolute Gasteiger partial charge is 0.0966 e. The summed E-state index contributed by atoms with van der Waals surface area (Å²) >= 11 is 7.72. The van der Waals surface area contributed by atoms with Gasteiger partial charge in [-0.2, -0.15) is 0 Å². The van der Waals surface area contributed by atoms with Crippen LogP contribution >= 0.6 is 22.9 Å². The van der Waals surface area contributed by atoms with Crippen molar-refractivity contribution in [1.29, 1.82) is 0 Å². The van der Waals surface area contributed by atoms with E-state index < -0.39 is 0 Å². The number of thiazole rings is 1. The SMILES string of the molecule is CCCC(C)c1nc2cc(Cl)ccc2s1. The Bertz CT molecular complexity index is 464. The Morgan fingerprint density at radius 3 is 3.00 bits per heavy atom. The number of benzene rings is 1. The second-order valence-corrected chi connectivity index (χ2v) is 5.35. The van der Waals surface area contributed by atoms with Gasteiger partial charge in [0.1, 0.15) is 0 Å². The van der Waals surface area contributed by atoms with Crippen molar-refractivity contribution in [2.75, 3.05) is 0 Å². The molecule has 0 radical (unpaired) electrons. The number of aromatic nitrogens is 1. The molecular weight excluding hydrogens is 226 g/mol. The molecule has 2 rings (SSSR count). The Balaban J connectivity index is 2.38. The molecule has 1 unspecified atom stereocenters. The molecule has 0 bridgehead atoms. The quantitative estimate of drug-likeness (QED) is 0.746. The highest BCUT2D eigenvalue weighted by atomic mass is 35.5. The molecule has 1 heterocycles. The van der Waals surface area contributed by atoms with Crippen LogP contribution in [0.2, 0.25) is 5.02 Å². The number of fused-ring (bicyclic) bond motifs is 1. The predicted molar refractivity (Wildman–Crippen MR) is 68.0 cm³/mol. The Labute approximate surface area is 99.1 Å². The first kappa shape index (κ1) is 10.9. The molecule has 0 saturated heterocycles. The van der Waals surface area contributed by atoms with Crippen molar-refractivity contribution in [2.24, 2.45) is 0 Å². The highest BCUT2D eigenvalue weighted by Crippen LogP contribution is 2.30. The summed E-state index contributed by atoms with van der Waals surface area (Å²) in [6, 6.07) is 5.92. The largest absolute Gasteiger partial charge is 0.241 e. The number of nitrogens with zero attached hydrogens (tertiary/aromatic N) is 1. The van der Waals surface area contributed by atoms with Gasteiger partial charge < -0.3 is 0 Å². The second-order valence-electron chi connectivity index (χ2n) is 3.85. The van der Waals surface area contributed by atoms with Crippen LogP contribution in [0.5, 0.6) is 0 Å². The summed E-state index contributed by atoms with van der Waals surface area (Å²) in [6.45, 7) is 4.45. The molecule has 0 amide bonds. The molecular formula is C12H14ClNS. The van der Waals surface area contributed by atoms with E-state index in [-0.39, 0.29) is 0 Å². The molecule has 3 heteroatoms. The molecule has 0 fully saturated rings. The third kappa shape index (κ3) is 2.32. The second kappa shape index (κ2) is 4.50. The summed E-state index contributed by atoms with van der Waals surface area (Å²) in [7, 11) is 0. The van der Waals surface area contributed by atoms with Gasteiger partial charge in [0.05, 0.1) is 15.2 Å². The van der Waals surface area contributed by atoms with Crippen LogP contribution in [-0.4, -0.2) is 4.98 Å². The molecule has 1 nitrogen and oxygen atoms in total. The monoisotopic (exact) mass is 239 g/mol. The van der Waals surface area contributed by atoms with Crippen LogP contribution in [-0.2, 0) is 0 Å². The molecule has 0 saturated carbocycles. The first-order valence-electron chi connectivity index (χ1n) is 5.26. The van der Waals surface area contributed by atoms with Gasteiger partial charge in [0.2, 0.25) is 0 Å². The maximum absolute atomic E-state index is 5.93. The van der Waals surface area contributed by atoms with Gasteiger partial charge in [-0.3, -0.25) is 0 Å². The zero-order valence-electron chi connectivity index (χ0n) is 8.96. The van der Waals surface area contributed by atoms with Crippen molar-refractivity contribution >= 4 is 33.2 Å². The third-order valence-electron chi connectivity index (χ3n) is 2.51. The van der Waals surface area contributed by atoms with Gasteiger partial charge >= 0.3 is 0 Å². The molecule has 0 N–H and O–H groups in total. The van der Waals surface area contributed by atoms with E-state index in [1.165, 1.54) is 22.5 Å². The lowest BCUT2D eigenvalue weighted by Gasteiger charge is -2.03. The van der Waals surface area contributed by atoms with Gasteiger partial charge in [-0.25, -0.2) is 4.98 Å². The number of hydrogen-bond acceptors (Lipinski definition) is 2. The topological polar surface area (TPSA) is 12.9 Å². The standard InChI is InChI=1S/C12H14ClNS/c1-3-4-8(2)12-14-10-7-9(13)5-6-11(10)15-12/h5-8H,3-4H2,1-2H3. The Morgan fingerprint density at radius 1 is 1.47 bits per heavy atom. The first-order chi connectivity index (χ1) is 7.20. The van der Waals surface area contributed by atoms with Crippen molar-refractivity contribution in [3.05, 3.63) is 28.2 Å². The Kier molecular flexibility index (Phi) is 3.27. The lowest BCUT2D eigenvalue weighted by molar-refractivity contribution is 0.662. The number of hydrogen-bond donors (Lipinski definition) is 0. The molecule has 2 aromatic rings. The van der Waals surface area contributed by atoms with Crippen molar-refractivity contribution in [2.45, 2.75) is 32.6 Å². The summed E-state index contributed by atoms with van der Waals surface area (Å²) in [5, 5.41) is 2.00. The zero-order chi connectivity index (χ0) is 10.8. The highest BCUT2D eigenvalue weighted by molar-refractivity contribution is 7.18. The molecule has 1 aromatic heterocycles. The van der Waals surface area contributed by atoms with Crippen LogP contribution in [0, 0.1) is 0 Å². The van der Waals surface area contributed by atoms with E-state index in [2.05, 4.69) is 24.9 Å². The zero-order valence-corrected chi connectivity index (χ0v) is 10.5. The molecule has 1 aromatic carbocycles. The summed E-state index contributed by atoms with van der Waals surface area (Å²) < 4.78 is 1.23. The van der Waals surface area contributed by atoms with E-state index in [0.29, 0.717) is 5.92 Å². The maximum atomic E-state index is 5.93. The first-order valence-corrected chi connectivity index (χ1v) is 6.46. The predicted octanol–water partition coefficient (Wildman–Crippen LogP) is 4.85. The highest BCUT2D eigenvalue weighted by Gasteiger charge is 2.10. The fourth-order valence-electron chi connectivity index (χ4n) is 1.69. The normalized spacial score (nSPS) is 13.3. The summed E-state index contributed by atoms with van der Waals surface area (Å²) in [4.78, 5) is 4.63. The molecule has 0 spiro atoms. The summed E-state index contributed by atoms with van der Waals surface area (Å²) in [5.41, 5.74) is 1.03. The fraction of sp³-hybridized carbons (Fsp3) is 0.417. The van der Waals surface area contributed by atoms with E-state index in [1.54, 1.807) is 11.3 Å². The summed E-state index contributed by atoms with van der Waals surface area (Å²) in [6.07, 6.45) is 2.41. The molecule has 80 valence electrons. The van der Waals surface area contributed by atoms with Gasteiger partial charge in [-0.05, 0) is 24.6 Å². The van der Waals surface area contributed by atoms with E-state index in [9.17, 15) is 0 Å². The van der Waals surface area contributed by atoms with E-state index in [0.717, 1.165) is 10.5 Å². The molecule has 0 aliphatic heterocycles. The van der Waals surface area contributed by atoms with Crippen LogP contribution in [0.25, 0.3) is 10.2 Å². The average Bonchev–Trinajstić information content (AvgIpc) is 2.60. The fourth-order valence-corrected chi connectivity index (χ4v) is 2.89. The van der Waals surface area contributed by atoms with Crippen LogP contribution in [0.3, 0.4) is 0 Å². The van der Waals surface area contributed by atoms with Crippen molar-refractivity contribution in [1.82, 2.24) is 4.98 Å². The molecule has 0 aliphatic carbocycles. The van der Waals surface area contributed by atoms with Crippen molar-refractivity contribution < 1.29 is 0 Å². The van der Waals surface area contributed by atoms with E-state index >= 15 is 0 Å². The van der Waals surface area contributed by atoms with Gasteiger partial charge in [0, 0.05) is 10.9 Å². The van der Waals surface area contributed by atoms with Gasteiger partial charge in [-0.15, -0.1) is 11.3 Å². The third-order valence-corrected chi connectivity index (χ3v) is 4.01. The minimum absolute atomic E-state index is 0.561. The van der Waals surface area contributed by atoms with Crippen LogP contribution in [0.1, 0.15) is 37.6 Å². The average molecular weight is 240 g/mol. The summed E-state index contributed by atoms with van der Waals surface area (Å²) in [5.74, 6) is 0.561. The minimum atomic E-state index is 0.561. The molecule has 15 heavy (non-hydrogen) atoms. The minimum Gasteiger partial charge on any atom is -0.241 e. The van der Waals surface area contributed by atoms with E-state index in [1.807, 2.05) is 12.1 Å². The lowest BCUT2D eigenvalue weighted by Crippen LogP contribution is -1.90. The van der Waals surface area contributed by atoms with Crippen LogP contribution < -0.4 is 0 Å². The van der Waals surface area contributed by atoms with E-state index in [4.69, 9.17) is 11.6 Å². The number of rotatable bonds is 3.